The molecule has 0 saturated carbocycles. The summed E-state index contributed by atoms with van der Waals surface area (Å²) in [5, 5.41) is 8.93. The molecule has 72 valence electrons. The van der Waals surface area contributed by atoms with Gasteiger partial charge in [-0.1, -0.05) is 0 Å². The number of rotatable bonds is 2. The Kier molecular flexibility index (Phi) is 2.39. The lowest BCUT2D eigenvalue weighted by atomic mass is 10.4. The van der Waals surface area contributed by atoms with Gasteiger partial charge in [0.05, 0.1) is 4.21 Å². The maximum atomic E-state index is 10.9. The fourth-order valence-corrected chi connectivity index (χ4v) is 2.82. The smallest absolute Gasteiger partial charge is 0.348 e. The molecule has 0 unspecified atom stereocenters. The topological polar surface area (TPSA) is 63.1 Å². The van der Waals surface area contributed by atoms with Crippen LogP contribution in [0.2, 0.25) is 0 Å². The molecular weight excluding hydrogens is 220 g/mol. The summed E-state index contributed by atoms with van der Waals surface area (Å²) >= 11 is 2.71. The summed E-state index contributed by atoms with van der Waals surface area (Å²) in [7, 11) is 0. The number of thioether (sulfide) groups is 1. The molecule has 0 aliphatic carbocycles. The van der Waals surface area contributed by atoms with E-state index in [2.05, 4.69) is 9.97 Å². The number of fused-ring (bicyclic) bond motifs is 1. The van der Waals surface area contributed by atoms with Crippen LogP contribution in [-0.4, -0.2) is 27.3 Å². The van der Waals surface area contributed by atoms with Gasteiger partial charge in [0.25, 0.3) is 0 Å². The van der Waals surface area contributed by atoms with E-state index in [9.17, 15) is 4.79 Å². The predicted octanol–water partition coefficient (Wildman–Crippen LogP) is 2.11. The van der Waals surface area contributed by atoms with Crippen molar-refractivity contribution in [3.63, 3.8) is 0 Å². The Balaban J connectivity index is 2.80. The van der Waals surface area contributed by atoms with E-state index in [1.807, 2.05) is 6.26 Å². The van der Waals surface area contributed by atoms with Crippen LogP contribution in [-0.2, 0) is 0 Å². The Morgan fingerprint density at radius 1 is 1.43 bits per heavy atom. The van der Waals surface area contributed by atoms with Gasteiger partial charge in [0.15, 0.2) is 0 Å². The van der Waals surface area contributed by atoms with Crippen molar-refractivity contribution in [1.29, 1.82) is 0 Å². The van der Waals surface area contributed by atoms with Crippen molar-refractivity contribution in [3.8, 4) is 0 Å². The summed E-state index contributed by atoms with van der Waals surface area (Å²) in [5.74, 6) is -0.944. The zero-order valence-corrected chi connectivity index (χ0v) is 8.85. The molecule has 0 bridgehead atoms. The first-order chi connectivity index (χ1) is 6.74. The molecule has 0 radical (unpaired) electrons. The summed E-state index contributed by atoms with van der Waals surface area (Å²) in [6.07, 6.45) is 4.97. The zero-order chi connectivity index (χ0) is 10.1. The summed E-state index contributed by atoms with van der Waals surface area (Å²) < 4.78 is 0.894. The second kappa shape index (κ2) is 3.55. The van der Waals surface area contributed by atoms with Crippen LogP contribution in [0.15, 0.2) is 16.6 Å². The monoisotopic (exact) mass is 226 g/mol. The van der Waals surface area contributed by atoms with Gasteiger partial charge >= 0.3 is 5.97 Å². The summed E-state index contributed by atoms with van der Waals surface area (Å²) in [6.45, 7) is 0. The SMILES string of the molecule is CSc1sc(C(=O)O)c2nccnc12. The van der Waals surface area contributed by atoms with Gasteiger partial charge in [0, 0.05) is 12.4 Å². The first-order valence-electron chi connectivity index (χ1n) is 3.75. The molecule has 0 aliphatic heterocycles. The summed E-state index contributed by atoms with van der Waals surface area (Å²) in [4.78, 5) is 19.3. The number of carboxylic acid groups (broad SMARTS) is 1. The van der Waals surface area contributed by atoms with Gasteiger partial charge in [-0.2, -0.15) is 0 Å². The number of aromatic carboxylic acids is 1. The number of thiophene rings is 1. The van der Waals surface area contributed by atoms with Gasteiger partial charge in [-0.05, 0) is 6.26 Å². The Morgan fingerprint density at radius 2 is 2.07 bits per heavy atom. The molecule has 2 rings (SSSR count). The van der Waals surface area contributed by atoms with Gasteiger partial charge in [0.2, 0.25) is 0 Å². The third-order valence-electron chi connectivity index (χ3n) is 1.68. The molecule has 2 aromatic rings. The van der Waals surface area contributed by atoms with Gasteiger partial charge in [0.1, 0.15) is 15.9 Å². The highest BCUT2D eigenvalue weighted by atomic mass is 32.2. The van der Waals surface area contributed by atoms with E-state index >= 15 is 0 Å². The molecule has 14 heavy (non-hydrogen) atoms. The molecule has 2 heterocycles. The van der Waals surface area contributed by atoms with E-state index in [1.165, 1.54) is 29.3 Å². The molecule has 0 aliphatic rings. The quantitative estimate of drug-likeness (QED) is 0.794. The van der Waals surface area contributed by atoms with Gasteiger partial charge in [-0.3, -0.25) is 9.97 Å². The number of hydrogen-bond donors (Lipinski definition) is 1. The van der Waals surface area contributed by atoms with Crippen LogP contribution in [0.1, 0.15) is 9.67 Å². The molecule has 0 saturated heterocycles. The third kappa shape index (κ3) is 1.36. The fraction of sp³-hybridized carbons (Fsp3) is 0.125. The first kappa shape index (κ1) is 9.42. The van der Waals surface area contributed by atoms with Crippen molar-refractivity contribution in [2.45, 2.75) is 4.21 Å². The Labute approximate surface area is 88.0 Å². The second-order valence-corrected chi connectivity index (χ2v) is 4.58. The molecule has 1 N–H and O–H groups in total. The van der Waals surface area contributed by atoms with Crippen molar-refractivity contribution in [3.05, 3.63) is 17.3 Å². The zero-order valence-electron chi connectivity index (χ0n) is 7.22. The Morgan fingerprint density at radius 3 is 2.64 bits per heavy atom. The lowest BCUT2D eigenvalue weighted by Crippen LogP contribution is -1.93. The van der Waals surface area contributed by atoms with E-state index in [0.29, 0.717) is 11.0 Å². The van der Waals surface area contributed by atoms with Crippen LogP contribution in [0.25, 0.3) is 11.0 Å². The number of hydrogen-bond acceptors (Lipinski definition) is 5. The van der Waals surface area contributed by atoms with Crippen LogP contribution in [0, 0.1) is 0 Å². The minimum atomic E-state index is -0.944. The maximum Gasteiger partial charge on any atom is 0.348 e. The number of nitrogens with zero attached hydrogens (tertiary/aromatic N) is 2. The Bertz CT molecular complexity index is 495. The molecule has 0 amide bonds. The van der Waals surface area contributed by atoms with Crippen LogP contribution in [0.4, 0.5) is 0 Å². The number of aromatic nitrogens is 2. The molecule has 0 atom stereocenters. The highest BCUT2D eigenvalue weighted by Crippen LogP contribution is 2.34. The van der Waals surface area contributed by atoms with Crippen molar-refractivity contribution >= 4 is 40.1 Å². The predicted molar refractivity (Wildman–Crippen MR) is 56.2 cm³/mol. The summed E-state index contributed by atoms with van der Waals surface area (Å²) in [6, 6.07) is 0. The lowest BCUT2D eigenvalue weighted by Gasteiger charge is -1.89. The van der Waals surface area contributed by atoms with E-state index in [4.69, 9.17) is 5.11 Å². The van der Waals surface area contributed by atoms with E-state index in [-0.39, 0.29) is 4.88 Å². The molecule has 4 nitrogen and oxygen atoms in total. The maximum absolute atomic E-state index is 10.9. The minimum Gasteiger partial charge on any atom is -0.477 e. The van der Waals surface area contributed by atoms with Crippen LogP contribution >= 0.6 is 23.1 Å². The van der Waals surface area contributed by atoms with Gasteiger partial charge < -0.3 is 5.11 Å². The van der Waals surface area contributed by atoms with Crippen LogP contribution in [0.5, 0.6) is 0 Å². The lowest BCUT2D eigenvalue weighted by molar-refractivity contribution is 0.0704. The van der Waals surface area contributed by atoms with Gasteiger partial charge in [-0.25, -0.2) is 4.79 Å². The van der Waals surface area contributed by atoms with Crippen LogP contribution < -0.4 is 0 Å². The highest BCUT2D eigenvalue weighted by molar-refractivity contribution is 8.00. The van der Waals surface area contributed by atoms with Crippen LogP contribution in [0.3, 0.4) is 0 Å². The average molecular weight is 226 g/mol. The number of carbonyl (C=O) groups is 1. The molecule has 0 fully saturated rings. The van der Waals surface area contributed by atoms with E-state index in [1.54, 1.807) is 6.20 Å². The molecule has 0 spiro atoms. The molecular formula is C8H6N2O2S2. The first-order valence-corrected chi connectivity index (χ1v) is 5.79. The fourth-order valence-electron chi connectivity index (χ4n) is 1.13. The van der Waals surface area contributed by atoms with E-state index < -0.39 is 5.97 Å². The van der Waals surface area contributed by atoms with Crippen molar-refractivity contribution in [2.75, 3.05) is 6.26 Å². The molecule has 2 aromatic heterocycles. The molecule has 6 heteroatoms. The minimum absolute atomic E-state index is 0.262. The van der Waals surface area contributed by atoms with Crippen molar-refractivity contribution in [1.82, 2.24) is 9.97 Å². The highest BCUT2D eigenvalue weighted by Gasteiger charge is 2.17. The summed E-state index contributed by atoms with van der Waals surface area (Å²) in [5.41, 5.74) is 1.16. The third-order valence-corrected chi connectivity index (χ3v) is 3.95. The normalized spacial score (nSPS) is 10.6. The van der Waals surface area contributed by atoms with Gasteiger partial charge in [-0.15, -0.1) is 23.1 Å². The number of carboxylic acids is 1. The van der Waals surface area contributed by atoms with Crippen molar-refractivity contribution in [2.24, 2.45) is 0 Å². The average Bonchev–Trinajstić information content (AvgIpc) is 2.56. The largest absolute Gasteiger partial charge is 0.477 e. The standard InChI is InChI=1S/C8H6N2O2S2/c1-13-8-5-4(9-2-3-10-5)6(14-8)7(11)12/h2-3H,1H3,(H,11,12). The second-order valence-electron chi connectivity index (χ2n) is 2.48. The van der Waals surface area contributed by atoms with E-state index in [0.717, 1.165) is 4.21 Å². The Hall–Kier alpha value is -1.14. The molecule has 0 aromatic carbocycles. The van der Waals surface area contributed by atoms with Crippen molar-refractivity contribution < 1.29 is 9.90 Å².